The van der Waals surface area contributed by atoms with E-state index >= 15 is 0 Å². The zero-order chi connectivity index (χ0) is 16.0. The van der Waals surface area contributed by atoms with Gasteiger partial charge in [0.1, 0.15) is 5.82 Å². The van der Waals surface area contributed by atoms with E-state index in [0.29, 0.717) is 12.1 Å². The lowest BCUT2D eigenvalue weighted by Crippen LogP contribution is -2.48. The molecule has 0 saturated carbocycles. The molecule has 0 radical (unpaired) electrons. The van der Waals surface area contributed by atoms with Crippen molar-refractivity contribution in [1.29, 1.82) is 0 Å². The molecule has 1 aliphatic heterocycles. The standard InChI is InChI=1S/C16H26N4O2/c1-3-16(2,8-11-21)19-15(22)18-13-6-7-14(17-12-13)20-9-4-5-10-20/h6-7,12,21H,3-5,8-11H2,1-2H3,(H2,18,19,22). The average molecular weight is 306 g/mol. The normalized spacial score (nSPS) is 17.1. The average Bonchev–Trinajstić information content (AvgIpc) is 3.02. The van der Waals surface area contributed by atoms with Crippen LogP contribution in [-0.2, 0) is 0 Å². The predicted octanol–water partition coefficient (Wildman–Crippen LogP) is 2.35. The van der Waals surface area contributed by atoms with Crippen LogP contribution >= 0.6 is 0 Å². The zero-order valence-electron chi connectivity index (χ0n) is 13.4. The number of amides is 2. The van der Waals surface area contributed by atoms with E-state index in [1.165, 1.54) is 12.8 Å². The third kappa shape index (κ3) is 4.34. The van der Waals surface area contributed by atoms with Gasteiger partial charge in [-0.3, -0.25) is 0 Å². The molecule has 1 unspecified atom stereocenters. The van der Waals surface area contributed by atoms with E-state index in [0.717, 1.165) is 25.3 Å². The summed E-state index contributed by atoms with van der Waals surface area (Å²) < 4.78 is 0. The van der Waals surface area contributed by atoms with Crippen LogP contribution in [0, 0.1) is 0 Å². The second kappa shape index (κ2) is 7.45. The highest BCUT2D eigenvalue weighted by Crippen LogP contribution is 2.19. The van der Waals surface area contributed by atoms with Crippen molar-refractivity contribution in [3.05, 3.63) is 18.3 Å². The first-order valence-electron chi connectivity index (χ1n) is 7.97. The lowest BCUT2D eigenvalue weighted by molar-refractivity contribution is 0.208. The SMILES string of the molecule is CCC(C)(CCO)NC(=O)Nc1ccc(N2CCCC2)nc1. The van der Waals surface area contributed by atoms with Gasteiger partial charge in [0, 0.05) is 25.2 Å². The third-order valence-electron chi connectivity index (χ3n) is 4.30. The summed E-state index contributed by atoms with van der Waals surface area (Å²) in [6.45, 7) is 6.07. The molecule has 1 fully saturated rings. The summed E-state index contributed by atoms with van der Waals surface area (Å²) in [5.41, 5.74) is 0.268. The summed E-state index contributed by atoms with van der Waals surface area (Å²) >= 11 is 0. The number of nitrogens with zero attached hydrogens (tertiary/aromatic N) is 2. The van der Waals surface area contributed by atoms with Crippen molar-refractivity contribution in [2.24, 2.45) is 0 Å². The smallest absolute Gasteiger partial charge is 0.319 e. The molecule has 1 saturated heterocycles. The number of rotatable bonds is 6. The molecule has 2 amide bonds. The minimum atomic E-state index is -0.401. The predicted molar refractivity (Wildman–Crippen MR) is 88.2 cm³/mol. The molecule has 1 aliphatic rings. The molecule has 122 valence electrons. The number of hydrogen-bond acceptors (Lipinski definition) is 4. The molecule has 1 aromatic rings. The van der Waals surface area contributed by atoms with Crippen LogP contribution < -0.4 is 15.5 Å². The van der Waals surface area contributed by atoms with E-state index < -0.39 is 5.54 Å². The molecular weight excluding hydrogens is 280 g/mol. The number of hydrogen-bond donors (Lipinski definition) is 3. The number of carbonyl (C=O) groups is 1. The van der Waals surface area contributed by atoms with Crippen LogP contribution in [-0.4, -0.2) is 41.4 Å². The van der Waals surface area contributed by atoms with E-state index in [2.05, 4.69) is 20.5 Å². The van der Waals surface area contributed by atoms with Crippen molar-refractivity contribution in [1.82, 2.24) is 10.3 Å². The Hall–Kier alpha value is -1.82. The molecule has 2 heterocycles. The fraction of sp³-hybridized carbons (Fsp3) is 0.625. The summed E-state index contributed by atoms with van der Waals surface area (Å²) in [6, 6.07) is 3.54. The van der Waals surface area contributed by atoms with Gasteiger partial charge in [-0.05, 0) is 44.7 Å². The number of anilines is 2. The van der Waals surface area contributed by atoms with Crippen LogP contribution in [0.2, 0.25) is 0 Å². The number of pyridine rings is 1. The Labute approximate surface area is 131 Å². The van der Waals surface area contributed by atoms with Crippen LogP contribution in [0.4, 0.5) is 16.3 Å². The molecule has 0 spiro atoms. The molecule has 1 aromatic heterocycles. The van der Waals surface area contributed by atoms with Crippen LogP contribution in [0.3, 0.4) is 0 Å². The highest BCUT2D eigenvalue weighted by atomic mass is 16.3. The van der Waals surface area contributed by atoms with Crippen molar-refractivity contribution < 1.29 is 9.90 Å². The first kappa shape index (κ1) is 16.5. The lowest BCUT2D eigenvalue weighted by Gasteiger charge is -2.29. The summed E-state index contributed by atoms with van der Waals surface area (Å²) in [6.07, 6.45) is 5.40. The molecule has 6 nitrogen and oxygen atoms in total. The van der Waals surface area contributed by atoms with E-state index in [4.69, 9.17) is 5.11 Å². The van der Waals surface area contributed by atoms with Gasteiger partial charge in [0.05, 0.1) is 11.9 Å². The monoisotopic (exact) mass is 306 g/mol. The molecular formula is C16H26N4O2. The van der Waals surface area contributed by atoms with Gasteiger partial charge in [0.2, 0.25) is 0 Å². The summed E-state index contributed by atoms with van der Waals surface area (Å²) in [4.78, 5) is 18.7. The first-order valence-corrected chi connectivity index (χ1v) is 7.97. The van der Waals surface area contributed by atoms with Crippen molar-refractivity contribution in [2.45, 2.75) is 45.1 Å². The Bertz CT molecular complexity index is 485. The fourth-order valence-corrected chi connectivity index (χ4v) is 2.60. The van der Waals surface area contributed by atoms with E-state index in [9.17, 15) is 4.79 Å². The Morgan fingerprint density at radius 1 is 1.41 bits per heavy atom. The highest BCUT2D eigenvalue weighted by Gasteiger charge is 2.23. The largest absolute Gasteiger partial charge is 0.396 e. The minimum absolute atomic E-state index is 0.0523. The van der Waals surface area contributed by atoms with E-state index in [1.807, 2.05) is 26.0 Å². The van der Waals surface area contributed by atoms with Gasteiger partial charge in [-0.25, -0.2) is 9.78 Å². The maximum atomic E-state index is 12.1. The van der Waals surface area contributed by atoms with Gasteiger partial charge in [-0.15, -0.1) is 0 Å². The maximum Gasteiger partial charge on any atom is 0.319 e. The second-order valence-electron chi connectivity index (χ2n) is 6.07. The van der Waals surface area contributed by atoms with Gasteiger partial charge in [0.15, 0.2) is 0 Å². The number of aliphatic hydroxyl groups is 1. The quantitative estimate of drug-likeness (QED) is 0.754. The van der Waals surface area contributed by atoms with Crippen LogP contribution in [0.5, 0.6) is 0 Å². The summed E-state index contributed by atoms with van der Waals surface area (Å²) in [5.74, 6) is 0.960. The summed E-state index contributed by atoms with van der Waals surface area (Å²) in [7, 11) is 0. The molecule has 0 bridgehead atoms. The number of nitrogens with one attached hydrogen (secondary N) is 2. The Morgan fingerprint density at radius 3 is 2.68 bits per heavy atom. The Balaban J connectivity index is 1.91. The number of aromatic nitrogens is 1. The van der Waals surface area contributed by atoms with Gasteiger partial charge < -0.3 is 20.6 Å². The topological polar surface area (TPSA) is 77.5 Å². The molecule has 2 rings (SSSR count). The van der Waals surface area contributed by atoms with Gasteiger partial charge in [0.25, 0.3) is 0 Å². The van der Waals surface area contributed by atoms with E-state index in [-0.39, 0.29) is 12.6 Å². The first-order chi connectivity index (χ1) is 10.6. The van der Waals surface area contributed by atoms with Crippen LogP contribution in [0.25, 0.3) is 0 Å². The minimum Gasteiger partial charge on any atom is -0.396 e. The third-order valence-corrected chi connectivity index (χ3v) is 4.30. The highest BCUT2D eigenvalue weighted by molar-refractivity contribution is 5.89. The molecule has 3 N–H and O–H groups in total. The molecule has 1 atom stereocenters. The van der Waals surface area contributed by atoms with Crippen molar-refractivity contribution in [3.8, 4) is 0 Å². The van der Waals surface area contributed by atoms with Crippen molar-refractivity contribution in [2.75, 3.05) is 29.9 Å². The Morgan fingerprint density at radius 2 is 2.14 bits per heavy atom. The van der Waals surface area contributed by atoms with Crippen LogP contribution in [0.1, 0.15) is 39.5 Å². The lowest BCUT2D eigenvalue weighted by atomic mass is 9.95. The second-order valence-corrected chi connectivity index (χ2v) is 6.07. The number of urea groups is 1. The fourth-order valence-electron chi connectivity index (χ4n) is 2.60. The molecule has 0 aromatic carbocycles. The van der Waals surface area contributed by atoms with Gasteiger partial charge in [-0.2, -0.15) is 0 Å². The zero-order valence-corrected chi connectivity index (χ0v) is 13.4. The van der Waals surface area contributed by atoms with Crippen molar-refractivity contribution >= 4 is 17.5 Å². The maximum absolute atomic E-state index is 12.1. The van der Waals surface area contributed by atoms with Gasteiger partial charge in [-0.1, -0.05) is 6.92 Å². The molecule has 6 heteroatoms. The summed E-state index contributed by atoms with van der Waals surface area (Å²) in [5, 5.41) is 14.8. The molecule has 22 heavy (non-hydrogen) atoms. The Kier molecular flexibility index (Phi) is 5.60. The van der Waals surface area contributed by atoms with E-state index in [1.54, 1.807) is 6.20 Å². The number of aliphatic hydroxyl groups excluding tert-OH is 1. The number of carbonyl (C=O) groups excluding carboxylic acids is 1. The van der Waals surface area contributed by atoms with Crippen LogP contribution in [0.15, 0.2) is 18.3 Å². The molecule has 0 aliphatic carbocycles. The van der Waals surface area contributed by atoms with Gasteiger partial charge >= 0.3 is 6.03 Å². The van der Waals surface area contributed by atoms with Crippen molar-refractivity contribution in [3.63, 3.8) is 0 Å².